The van der Waals surface area contributed by atoms with Crippen molar-refractivity contribution in [1.82, 2.24) is 9.97 Å². The monoisotopic (exact) mass is 307 g/mol. The van der Waals surface area contributed by atoms with E-state index in [1.165, 1.54) is 38.0 Å². The van der Waals surface area contributed by atoms with Gasteiger partial charge in [-0.2, -0.15) is 0 Å². The summed E-state index contributed by atoms with van der Waals surface area (Å²) in [7, 11) is 1.33. The molecule has 0 unspecified atom stereocenters. The van der Waals surface area contributed by atoms with Crippen molar-refractivity contribution < 1.29 is 19.4 Å². The molecule has 0 saturated carbocycles. The minimum Gasteiger partial charge on any atom is -0.496 e. The maximum atomic E-state index is 12.0. The van der Waals surface area contributed by atoms with Crippen LogP contribution in [0.3, 0.4) is 0 Å². The van der Waals surface area contributed by atoms with Crippen molar-refractivity contribution in [3.8, 4) is 5.75 Å². The Morgan fingerprint density at radius 1 is 1.29 bits per heavy atom. The molecule has 108 valence electrons. The summed E-state index contributed by atoms with van der Waals surface area (Å²) in [4.78, 5) is 30.5. The second-order valence-corrected chi connectivity index (χ2v) is 4.33. The highest BCUT2D eigenvalue weighted by Gasteiger charge is 2.16. The number of carboxylic acids is 1. The number of benzene rings is 1. The maximum absolute atomic E-state index is 12.0. The van der Waals surface area contributed by atoms with Crippen LogP contribution in [0, 0.1) is 0 Å². The number of rotatable bonds is 4. The molecule has 2 rings (SSSR count). The standard InChI is InChI=1S/C13H10ClN3O4/c1-21-11-3-10(9(14)2-8(11)13(19)20)17-12(18)7-4-15-6-16-5-7/h2-6H,1H3,(H,17,18)(H,19,20). The van der Waals surface area contributed by atoms with Crippen LogP contribution in [0.25, 0.3) is 0 Å². The smallest absolute Gasteiger partial charge is 0.339 e. The van der Waals surface area contributed by atoms with Crippen LogP contribution < -0.4 is 10.1 Å². The molecule has 7 nitrogen and oxygen atoms in total. The van der Waals surface area contributed by atoms with Crippen LogP contribution in [-0.2, 0) is 0 Å². The van der Waals surface area contributed by atoms with E-state index in [9.17, 15) is 9.59 Å². The Kier molecular flexibility index (Phi) is 4.34. The quantitative estimate of drug-likeness (QED) is 0.896. The fourth-order valence-corrected chi connectivity index (χ4v) is 1.81. The first kappa shape index (κ1) is 14.7. The molecule has 0 fully saturated rings. The fraction of sp³-hybridized carbons (Fsp3) is 0.0769. The van der Waals surface area contributed by atoms with E-state index in [0.29, 0.717) is 0 Å². The van der Waals surface area contributed by atoms with Gasteiger partial charge in [0, 0.05) is 18.5 Å². The second-order valence-electron chi connectivity index (χ2n) is 3.92. The zero-order valence-electron chi connectivity index (χ0n) is 10.8. The molecule has 0 bridgehead atoms. The molecule has 0 aliphatic rings. The summed E-state index contributed by atoms with van der Waals surface area (Å²) < 4.78 is 4.97. The number of nitrogens with one attached hydrogen (secondary N) is 1. The molecule has 8 heteroatoms. The molecule has 0 atom stereocenters. The van der Waals surface area contributed by atoms with Gasteiger partial charge in [-0.05, 0) is 6.07 Å². The molecular weight excluding hydrogens is 298 g/mol. The lowest BCUT2D eigenvalue weighted by molar-refractivity contribution is 0.0693. The third-order valence-electron chi connectivity index (χ3n) is 2.59. The molecule has 21 heavy (non-hydrogen) atoms. The number of carboxylic acid groups (broad SMARTS) is 1. The Labute approximate surface area is 124 Å². The van der Waals surface area contributed by atoms with Crippen molar-refractivity contribution in [2.75, 3.05) is 12.4 Å². The number of aromatic nitrogens is 2. The van der Waals surface area contributed by atoms with Crippen LogP contribution in [0.15, 0.2) is 30.9 Å². The third-order valence-corrected chi connectivity index (χ3v) is 2.90. The lowest BCUT2D eigenvalue weighted by atomic mass is 10.1. The highest BCUT2D eigenvalue weighted by Crippen LogP contribution is 2.31. The number of hydrogen-bond acceptors (Lipinski definition) is 5. The van der Waals surface area contributed by atoms with Crippen LogP contribution in [0.2, 0.25) is 5.02 Å². The van der Waals surface area contributed by atoms with Gasteiger partial charge in [0.05, 0.1) is 23.4 Å². The molecule has 1 aromatic heterocycles. The summed E-state index contributed by atoms with van der Waals surface area (Å²) in [5, 5.41) is 11.7. The van der Waals surface area contributed by atoms with Gasteiger partial charge in [-0.3, -0.25) is 4.79 Å². The summed E-state index contributed by atoms with van der Waals surface area (Å²) in [5.41, 5.74) is 0.380. The van der Waals surface area contributed by atoms with Gasteiger partial charge >= 0.3 is 5.97 Å². The van der Waals surface area contributed by atoms with Crippen LogP contribution >= 0.6 is 11.6 Å². The topological polar surface area (TPSA) is 101 Å². The number of hydrogen-bond donors (Lipinski definition) is 2. The van der Waals surface area contributed by atoms with Crippen LogP contribution in [-0.4, -0.2) is 34.1 Å². The molecule has 2 aromatic rings. The van der Waals surface area contributed by atoms with Crippen molar-refractivity contribution in [3.63, 3.8) is 0 Å². The predicted molar refractivity (Wildman–Crippen MR) is 74.9 cm³/mol. The Morgan fingerprint density at radius 3 is 2.52 bits per heavy atom. The molecule has 0 aliphatic carbocycles. The predicted octanol–water partition coefficient (Wildman–Crippen LogP) is 2.09. The maximum Gasteiger partial charge on any atom is 0.339 e. The minimum absolute atomic E-state index is 0.0819. The number of carbonyl (C=O) groups is 2. The first-order valence-electron chi connectivity index (χ1n) is 5.70. The molecule has 0 radical (unpaired) electrons. The Bertz CT molecular complexity index is 691. The molecule has 1 heterocycles. The third kappa shape index (κ3) is 3.26. The van der Waals surface area contributed by atoms with Crippen molar-refractivity contribution in [2.24, 2.45) is 0 Å². The molecule has 1 amide bonds. The van der Waals surface area contributed by atoms with Gasteiger partial charge in [-0.1, -0.05) is 11.6 Å². The number of halogens is 1. The lowest BCUT2D eigenvalue weighted by Gasteiger charge is -2.11. The largest absolute Gasteiger partial charge is 0.496 e. The van der Waals surface area contributed by atoms with Crippen molar-refractivity contribution in [1.29, 1.82) is 0 Å². The number of methoxy groups -OCH3 is 1. The number of amides is 1. The van der Waals surface area contributed by atoms with E-state index in [-0.39, 0.29) is 27.6 Å². The first-order chi connectivity index (χ1) is 10.0. The number of anilines is 1. The highest BCUT2D eigenvalue weighted by molar-refractivity contribution is 6.34. The normalized spacial score (nSPS) is 10.0. The van der Waals surface area contributed by atoms with Gasteiger partial charge in [0.15, 0.2) is 0 Å². The number of nitrogens with zero attached hydrogens (tertiary/aromatic N) is 2. The minimum atomic E-state index is -1.18. The Hall–Kier alpha value is -2.67. The van der Waals surface area contributed by atoms with Gasteiger partial charge in [-0.15, -0.1) is 0 Å². The van der Waals surface area contributed by atoms with Crippen molar-refractivity contribution in [3.05, 3.63) is 47.0 Å². The van der Waals surface area contributed by atoms with Gasteiger partial charge in [-0.25, -0.2) is 14.8 Å². The van der Waals surface area contributed by atoms with E-state index < -0.39 is 11.9 Å². The first-order valence-corrected chi connectivity index (χ1v) is 6.08. The van der Waals surface area contributed by atoms with Gasteiger partial charge in [0.1, 0.15) is 17.6 Å². The molecule has 2 N–H and O–H groups in total. The number of aromatic carboxylic acids is 1. The summed E-state index contributed by atoms with van der Waals surface area (Å²) in [6.45, 7) is 0. The summed E-state index contributed by atoms with van der Waals surface area (Å²) in [6.07, 6.45) is 3.99. The zero-order valence-corrected chi connectivity index (χ0v) is 11.6. The van der Waals surface area contributed by atoms with Crippen molar-refractivity contribution >= 4 is 29.2 Å². The van der Waals surface area contributed by atoms with E-state index in [2.05, 4.69) is 15.3 Å². The van der Waals surface area contributed by atoms with Crippen LogP contribution in [0.5, 0.6) is 5.75 Å². The Morgan fingerprint density at radius 2 is 1.95 bits per heavy atom. The van der Waals surface area contributed by atoms with E-state index in [0.717, 1.165) is 0 Å². The summed E-state index contributed by atoms with van der Waals surface area (Å²) in [6, 6.07) is 2.55. The summed E-state index contributed by atoms with van der Waals surface area (Å²) >= 11 is 5.97. The van der Waals surface area contributed by atoms with E-state index in [4.69, 9.17) is 21.4 Å². The van der Waals surface area contributed by atoms with Gasteiger partial charge in [0.25, 0.3) is 5.91 Å². The average Bonchev–Trinajstić information content (AvgIpc) is 2.49. The SMILES string of the molecule is COc1cc(NC(=O)c2cncnc2)c(Cl)cc1C(=O)O. The zero-order chi connectivity index (χ0) is 15.4. The van der Waals surface area contributed by atoms with E-state index in [1.54, 1.807) is 0 Å². The summed E-state index contributed by atoms with van der Waals surface area (Å²) in [5.74, 6) is -1.56. The van der Waals surface area contributed by atoms with Gasteiger partial charge < -0.3 is 15.2 Å². The molecule has 0 aliphatic heterocycles. The highest BCUT2D eigenvalue weighted by atomic mass is 35.5. The molecule has 1 aromatic carbocycles. The van der Waals surface area contributed by atoms with Gasteiger partial charge in [0.2, 0.25) is 0 Å². The molecule has 0 saturated heterocycles. The lowest BCUT2D eigenvalue weighted by Crippen LogP contribution is -2.13. The van der Waals surface area contributed by atoms with E-state index >= 15 is 0 Å². The van der Waals surface area contributed by atoms with Crippen LogP contribution in [0.4, 0.5) is 5.69 Å². The average molecular weight is 308 g/mol. The van der Waals surface area contributed by atoms with Crippen molar-refractivity contribution in [2.45, 2.75) is 0 Å². The fourth-order valence-electron chi connectivity index (χ4n) is 1.60. The number of ether oxygens (including phenoxy) is 1. The molecular formula is C13H10ClN3O4. The second kappa shape index (κ2) is 6.19. The van der Waals surface area contributed by atoms with Crippen LogP contribution in [0.1, 0.15) is 20.7 Å². The van der Waals surface area contributed by atoms with E-state index in [1.807, 2.05) is 0 Å². The number of carbonyl (C=O) groups excluding carboxylic acids is 1. The molecule has 0 spiro atoms. The Balaban J connectivity index is 2.33.